The van der Waals surface area contributed by atoms with Gasteiger partial charge in [0.05, 0.1) is 13.2 Å². The van der Waals surface area contributed by atoms with E-state index >= 15 is 0 Å². The summed E-state index contributed by atoms with van der Waals surface area (Å²) in [4.78, 5) is 16.4. The van der Waals surface area contributed by atoms with Crippen LogP contribution in [0.5, 0.6) is 5.75 Å². The molecule has 2 aromatic carbocycles. The first-order chi connectivity index (χ1) is 15.6. The molecule has 1 aliphatic rings. The molecule has 1 unspecified atom stereocenters. The first-order valence-corrected chi connectivity index (χ1v) is 11.2. The van der Waals surface area contributed by atoms with Gasteiger partial charge in [0.15, 0.2) is 5.96 Å². The number of ether oxygens (including phenoxy) is 2. The summed E-state index contributed by atoms with van der Waals surface area (Å²) in [5.74, 6) is 1.98. The fourth-order valence-electron chi connectivity index (χ4n) is 3.54. The molecular formula is C25H34N4O3. The number of aliphatic imine (C=N–C) groups is 1. The minimum Gasteiger partial charge on any atom is -0.493 e. The maximum atomic E-state index is 12.1. The summed E-state index contributed by atoms with van der Waals surface area (Å²) in [5.41, 5.74) is 3.91. The monoisotopic (exact) mass is 438 g/mol. The number of nitrogens with zero attached hydrogens (tertiary/aromatic N) is 1. The molecule has 7 heteroatoms. The van der Waals surface area contributed by atoms with E-state index in [4.69, 9.17) is 9.47 Å². The Labute approximate surface area is 190 Å². The summed E-state index contributed by atoms with van der Waals surface area (Å²) in [6.45, 7) is 8.01. The highest BCUT2D eigenvalue weighted by Crippen LogP contribution is 2.22. The first-order valence-electron chi connectivity index (χ1n) is 11.2. The van der Waals surface area contributed by atoms with Gasteiger partial charge in [0, 0.05) is 50.3 Å². The van der Waals surface area contributed by atoms with Crippen molar-refractivity contribution in [1.82, 2.24) is 16.0 Å². The van der Waals surface area contributed by atoms with Crippen LogP contribution in [0.3, 0.4) is 0 Å². The average Bonchev–Trinajstić information content (AvgIpc) is 3.33. The van der Waals surface area contributed by atoms with Crippen molar-refractivity contribution in [3.63, 3.8) is 0 Å². The van der Waals surface area contributed by atoms with Crippen LogP contribution in [0, 0.1) is 12.8 Å². The molecule has 0 spiro atoms. The molecule has 1 heterocycles. The minimum absolute atomic E-state index is 0.0621. The Morgan fingerprint density at radius 3 is 2.75 bits per heavy atom. The first kappa shape index (κ1) is 23.6. The Bertz CT molecular complexity index is 923. The highest BCUT2D eigenvalue weighted by atomic mass is 16.5. The number of hydrogen-bond acceptors (Lipinski definition) is 4. The quantitative estimate of drug-likeness (QED) is 0.414. The van der Waals surface area contributed by atoms with Crippen molar-refractivity contribution in [2.75, 3.05) is 33.4 Å². The van der Waals surface area contributed by atoms with Gasteiger partial charge >= 0.3 is 0 Å². The van der Waals surface area contributed by atoms with Crippen molar-refractivity contribution < 1.29 is 14.3 Å². The number of aryl methyl sites for hydroxylation is 1. The van der Waals surface area contributed by atoms with Crippen molar-refractivity contribution in [3.05, 3.63) is 64.7 Å². The van der Waals surface area contributed by atoms with Gasteiger partial charge in [-0.15, -0.1) is 0 Å². The second-order valence-electron chi connectivity index (χ2n) is 7.99. The van der Waals surface area contributed by atoms with E-state index in [9.17, 15) is 4.79 Å². The fraction of sp³-hybridized carbons (Fsp3) is 0.440. The van der Waals surface area contributed by atoms with Crippen LogP contribution in [0.4, 0.5) is 0 Å². The third kappa shape index (κ3) is 6.99. The lowest BCUT2D eigenvalue weighted by molar-refractivity contribution is 0.0955. The number of rotatable bonds is 9. The predicted molar refractivity (Wildman–Crippen MR) is 127 cm³/mol. The van der Waals surface area contributed by atoms with E-state index in [-0.39, 0.29) is 5.91 Å². The molecule has 7 nitrogen and oxygen atoms in total. The molecule has 32 heavy (non-hydrogen) atoms. The van der Waals surface area contributed by atoms with Gasteiger partial charge in [-0.3, -0.25) is 9.79 Å². The molecule has 1 atom stereocenters. The fourth-order valence-corrected chi connectivity index (χ4v) is 3.54. The van der Waals surface area contributed by atoms with Gasteiger partial charge in [-0.05, 0) is 49.6 Å². The summed E-state index contributed by atoms with van der Waals surface area (Å²) in [6, 6.07) is 13.8. The predicted octanol–water partition coefficient (Wildman–Crippen LogP) is 3.03. The third-order valence-corrected chi connectivity index (χ3v) is 5.38. The van der Waals surface area contributed by atoms with E-state index in [1.165, 1.54) is 5.56 Å². The molecule has 1 aliphatic heterocycles. The van der Waals surface area contributed by atoms with Crippen molar-refractivity contribution in [2.45, 2.75) is 33.4 Å². The maximum Gasteiger partial charge on any atom is 0.251 e. The number of hydrogen-bond donors (Lipinski definition) is 3. The zero-order valence-corrected chi connectivity index (χ0v) is 19.2. The van der Waals surface area contributed by atoms with Crippen LogP contribution < -0.4 is 20.7 Å². The molecule has 1 amide bonds. The molecule has 0 aliphatic carbocycles. The van der Waals surface area contributed by atoms with Crippen LogP contribution in [-0.2, 0) is 17.8 Å². The van der Waals surface area contributed by atoms with E-state index < -0.39 is 0 Å². The van der Waals surface area contributed by atoms with Crippen LogP contribution in [0.15, 0.2) is 47.5 Å². The van der Waals surface area contributed by atoms with Crippen LogP contribution in [0.2, 0.25) is 0 Å². The Morgan fingerprint density at radius 1 is 1.16 bits per heavy atom. The summed E-state index contributed by atoms with van der Waals surface area (Å²) in [7, 11) is 1.74. The van der Waals surface area contributed by atoms with Gasteiger partial charge in [-0.2, -0.15) is 0 Å². The van der Waals surface area contributed by atoms with Gasteiger partial charge in [0.25, 0.3) is 5.91 Å². The van der Waals surface area contributed by atoms with Gasteiger partial charge in [-0.1, -0.05) is 24.3 Å². The highest BCUT2D eigenvalue weighted by Gasteiger charge is 2.17. The molecule has 0 aromatic heterocycles. The lowest BCUT2D eigenvalue weighted by Crippen LogP contribution is -2.36. The number of carbonyl (C=O) groups excluding carboxylic acids is 1. The highest BCUT2D eigenvalue weighted by molar-refractivity contribution is 5.94. The van der Waals surface area contributed by atoms with Gasteiger partial charge in [0.1, 0.15) is 5.75 Å². The summed E-state index contributed by atoms with van der Waals surface area (Å²) >= 11 is 0. The average molecular weight is 439 g/mol. The topological polar surface area (TPSA) is 84.0 Å². The standard InChI is InChI=1S/C25H34N4O3/c1-4-27-24(30)21-7-5-6-19(13-21)14-28-25(26-3)29-15-22-9-8-18(2)12-23(22)32-17-20-10-11-31-16-20/h5-9,12-13,20H,4,10-11,14-17H2,1-3H3,(H,27,30)(H2,26,28,29). The lowest BCUT2D eigenvalue weighted by Gasteiger charge is -2.17. The van der Waals surface area contributed by atoms with E-state index in [2.05, 4.69) is 46.1 Å². The number of guanidine groups is 1. The minimum atomic E-state index is -0.0621. The van der Waals surface area contributed by atoms with E-state index in [1.54, 1.807) is 7.05 Å². The third-order valence-electron chi connectivity index (χ3n) is 5.38. The summed E-state index contributed by atoms with van der Waals surface area (Å²) in [6.07, 6.45) is 1.05. The molecule has 172 valence electrons. The van der Waals surface area contributed by atoms with Gasteiger partial charge < -0.3 is 25.4 Å². The molecule has 1 saturated heterocycles. The van der Waals surface area contributed by atoms with Crippen molar-refractivity contribution in [2.24, 2.45) is 10.9 Å². The van der Waals surface area contributed by atoms with E-state index in [0.717, 1.165) is 36.5 Å². The van der Waals surface area contributed by atoms with Crippen molar-refractivity contribution in [3.8, 4) is 5.75 Å². The Kier molecular flexibility index (Phi) is 8.92. The van der Waals surface area contributed by atoms with Crippen LogP contribution in [-0.4, -0.2) is 45.3 Å². The SMILES string of the molecule is CCNC(=O)c1cccc(CNC(=NC)NCc2ccc(C)cc2OCC2CCOC2)c1. The number of carbonyl (C=O) groups is 1. The molecule has 0 saturated carbocycles. The summed E-state index contributed by atoms with van der Waals surface area (Å²) in [5, 5.41) is 9.49. The number of nitrogens with one attached hydrogen (secondary N) is 3. The Hall–Kier alpha value is -3.06. The van der Waals surface area contributed by atoms with Gasteiger partial charge in [0.2, 0.25) is 0 Å². The zero-order chi connectivity index (χ0) is 22.8. The van der Waals surface area contributed by atoms with Crippen LogP contribution in [0.1, 0.15) is 40.4 Å². The second kappa shape index (κ2) is 12.1. The number of amides is 1. The van der Waals surface area contributed by atoms with Crippen LogP contribution in [0.25, 0.3) is 0 Å². The lowest BCUT2D eigenvalue weighted by atomic mass is 10.1. The molecule has 3 N–H and O–H groups in total. The van der Waals surface area contributed by atoms with Crippen molar-refractivity contribution in [1.29, 1.82) is 0 Å². The maximum absolute atomic E-state index is 12.1. The smallest absolute Gasteiger partial charge is 0.251 e. The van der Waals surface area contributed by atoms with Crippen LogP contribution >= 0.6 is 0 Å². The summed E-state index contributed by atoms with van der Waals surface area (Å²) < 4.78 is 11.6. The normalized spacial score (nSPS) is 16.0. The van der Waals surface area contributed by atoms with E-state index in [0.29, 0.717) is 43.7 Å². The molecule has 1 fully saturated rings. The number of benzene rings is 2. The largest absolute Gasteiger partial charge is 0.493 e. The van der Waals surface area contributed by atoms with E-state index in [1.807, 2.05) is 31.2 Å². The molecule has 3 rings (SSSR count). The molecule has 0 bridgehead atoms. The Balaban J connectivity index is 1.55. The van der Waals surface area contributed by atoms with Crippen molar-refractivity contribution >= 4 is 11.9 Å². The zero-order valence-electron chi connectivity index (χ0n) is 19.2. The molecule has 0 radical (unpaired) electrons. The Morgan fingerprint density at radius 2 is 2.00 bits per heavy atom. The molecule has 2 aromatic rings. The second-order valence-corrected chi connectivity index (χ2v) is 7.99. The van der Waals surface area contributed by atoms with Gasteiger partial charge in [-0.25, -0.2) is 0 Å². The molecular weight excluding hydrogens is 404 g/mol.